The zero-order valence-corrected chi connectivity index (χ0v) is 12.7. The van der Waals surface area contributed by atoms with Gasteiger partial charge in [-0.15, -0.1) is 11.8 Å². The maximum atomic E-state index is 3.67. The lowest BCUT2D eigenvalue weighted by molar-refractivity contribution is 0.285. The molecule has 0 spiro atoms. The van der Waals surface area contributed by atoms with Gasteiger partial charge in [-0.1, -0.05) is 6.92 Å². The summed E-state index contributed by atoms with van der Waals surface area (Å²) in [5.74, 6) is 0. The minimum atomic E-state index is 0.241. The molecule has 0 aliphatic carbocycles. The van der Waals surface area contributed by atoms with Crippen molar-refractivity contribution in [3.63, 3.8) is 0 Å². The van der Waals surface area contributed by atoms with Crippen LogP contribution in [-0.2, 0) is 0 Å². The molecular formula is C15H24N2S. The zero-order valence-electron chi connectivity index (χ0n) is 11.9. The molecule has 18 heavy (non-hydrogen) atoms. The second-order valence-corrected chi connectivity index (χ2v) is 6.35. The lowest BCUT2D eigenvalue weighted by Crippen LogP contribution is -2.62. The molecule has 1 aliphatic rings. The van der Waals surface area contributed by atoms with Gasteiger partial charge in [-0.05, 0) is 50.8 Å². The van der Waals surface area contributed by atoms with E-state index in [2.05, 4.69) is 61.5 Å². The monoisotopic (exact) mass is 264 g/mol. The van der Waals surface area contributed by atoms with Crippen molar-refractivity contribution in [2.75, 3.05) is 24.2 Å². The fraction of sp³-hybridized carbons (Fsp3) is 0.600. The number of nitrogens with zero attached hydrogens (tertiary/aromatic N) is 1. The minimum Gasteiger partial charge on any atom is -0.366 e. The second kappa shape index (κ2) is 5.54. The largest absolute Gasteiger partial charge is 0.366 e. The summed E-state index contributed by atoms with van der Waals surface area (Å²) in [6, 6.07) is 9.51. The van der Waals surface area contributed by atoms with Gasteiger partial charge in [0, 0.05) is 35.3 Å². The van der Waals surface area contributed by atoms with Gasteiger partial charge in [-0.2, -0.15) is 0 Å². The Labute approximate surface area is 115 Å². The number of nitrogens with one attached hydrogen (secondary N) is 1. The number of anilines is 1. The SMILES string of the molecule is CCC1(C)CN(c2ccc(SC)cc2)C(C)CN1. The molecule has 1 N–H and O–H groups in total. The third-order valence-electron chi connectivity index (χ3n) is 4.06. The summed E-state index contributed by atoms with van der Waals surface area (Å²) < 4.78 is 0. The molecule has 1 saturated heterocycles. The van der Waals surface area contributed by atoms with Gasteiger partial charge >= 0.3 is 0 Å². The van der Waals surface area contributed by atoms with Crippen LogP contribution in [-0.4, -0.2) is 30.9 Å². The second-order valence-electron chi connectivity index (χ2n) is 5.47. The van der Waals surface area contributed by atoms with Crippen LogP contribution in [0.25, 0.3) is 0 Å². The van der Waals surface area contributed by atoms with Crippen LogP contribution >= 0.6 is 11.8 Å². The van der Waals surface area contributed by atoms with Crippen molar-refractivity contribution in [3.8, 4) is 0 Å². The average molecular weight is 264 g/mol. The number of piperazine rings is 1. The lowest BCUT2D eigenvalue weighted by atomic mass is 9.93. The molecule has 0 amide bonds. The number of hydrogen-bond acceptors (Lipinski definition) is 3. The molecule has 1 fully saturated rings. The van der Waals surface area contributed by atoms with Crippen LogP contribution in [0.3, 0.4) is 0 Å². The lowest BCUT2D eigenvalue weighted by Gasteiger charge is -2.46. The average Bonchev–Trinajstić information content (AvgIpc) is 2.42. The summed E-state index contributed by atoms with van der Waals surface area (Å²) in [7, 11) is 0. The first-order valence-electron chi connectivity index (χ1n) is 6.74. The standard InChI is InChI=1S/C15H24N2S/c1-5-15(3)11-17(12(2)10-16-15)13-6-8-14(18-4)9-7-13/h6-9,12,16H,5,10-11H2,1-4H3. The predicted molar refractivity (Wildman–Crippen MR) is 81.7 cm³/mol. The van der Waals surface area contributed by atoms with Gasteiger partial charge in [-0.25, -0.2) is 0 Å². The first-order valence-corrected chi connectivity index (χ1v) is 7.96. The van der Waals surface area contributed by atoms with Crippen molar-refractivity contribution in [2.45, 2.75) is 43.7 Å². The smallest absolute Gasteiger partial charge is 0.0387 e. The van der Waals surface area contributed by atoms with E-state index in [1.54, 1.807) is 11.8 Å². The van der Waals surface area contributed by atoms with Crippen molar-refractivity contribution in [2.24, 2.45) is 0 Å². The van der Waals surface area contributed by atoms with Gasteiger partial charge in [0.1, 0.15) is 0 Å². The van der Waals surface area contributed by atoms with Crippen molar-refractivity contribution >= 4 is 17.4 Å². The number of rotatable bonds is 3. The Morgan fingerprint density at radius 3 is 2.61 bits per heavy atom. The molecule has 0 bridgehead atoms. The Bertz CT molecular complexity index is 390. The Morgan fingerprint density at radius 2 is 2.06 bits per heavy atom. The van der Waals surface area contributed by atoms with E-state index in [0.29, 0.717) is 6.04 Å². The third-order valence-corrected chi connectivity index (χ3v) is 4.80. The van der Waals surface area contributed by atoms with Crippen LogP contribution in [0.15, 0.2) is 29.2 Å². The molecule has 0 saturated carbocycles. The molecule has 1 aromatic rings. The van der Waals surface area contributed by atoms with E-state index in [9.17, 15) is 0 Å². The van der Waals surface area contributed by atoms with Gasteiger partial charge in [0.2, 0.25) is 0 Å². The highest BCUT2D eigenvalue weighted by molar-refractivity contribution is 7.98. The molecule has 2 rings (SSSR count). The van der Waals surface area contributed by atoms with E-state index < -0.39 is 0 Å². The van der Waals surface area contributed by atoms with E-state index in [0.717, 1.165) is 13.1 Å². The van der Waals surface area contributed by atoms with E-state index in [1.807, 2.05) is 0 Å². The summed E-state index contributed by atoms with van der Waals surface area (Å²) in [6.45, 7) is 9.03. The minimum absolute atomic E-state index is 0.241. The van der Waals surface area contributed by atoms with Crippen LogP contribution < -0.4 is 10.2 Å². The van der Waals surface area contributed by atoms with E-state index in [1.165, 1.54) is 17.0 Å². The number of thioether (sulfide) groups is 1. The Kier molecular flexibility index (Phi) is 4.23. The van der Waals surface area contributed by atoms with E-state index in [-0.39, 0.29) is 5.54 Å². The number of hydrogen-bond donors (Lipinski definition) is 1. The topological polar surface area (TPSA) is 15.3 Å². The molecule has 1 aromatic carbocycles. The molecule has 2 unspecified atom stereocenters. The van der Waals surface area contributed by atoms with Gasteiger partial charge in [0.15, 0.2) is 0 Å². The zero-order chi connectivity index (χ0) is 13.2. The highest BCUT2D eigenvalue weighted by Crippen LogP contribution is 2.27. The molecule has 0 aromatic heterocycles. The Hall–Kier alpha value is -0.670. The van der Waals surface area contributed by atoms with Gasteiger partial charge in [0.05, 0.1) is 0 Å². The van der Waals surface area contributed by atoms with Gasteiger partial charge < -0.3 is 10.2 Å². The summed E-state index contributed by atoms with van der Waals surface area (Å²) >= 11 is 1.80. The predicted octanol–water partition coefficient (Wildman–Crippen LogP) is 3.38. The van der Waals surface area contributed by atoms with Crippen LogP contribution in [0.4, 0.5) is 5.69 Å². The van der Waals surface area contributed by atoms with Gasteiger partial charge in [0.25, 0.3) is 0 Å². The van der Waals surface area contributed by atoms with Crippen molar-refractivity contribution in [1.82, 2.24) is 5.32 Å². The molecular weight excluding hydrogens is 240 g/mol. The Balaban J connectivity index is 2.18. The molecule has 1 aliphatic heterocycles. The van der Waals surface area contributed by atoms with Crippen molar-refractivity contribution in [3.05, 3.63) is 24.3 Å². The van der Waals surface area contributed by atoms with Crippen LogP contribution in [0.2, 0.25) is 0 Å². The third kappa shape index (κ3) is 2.83. The first-order chi connectivity index (χ1) is 8.58. The number of benzene rings is 1. The molecule has 0 radical (unpaired) electrons. The fourth-order valence-corrected chi connectivity index (χ4v) is 2.86. The maximum absolute atomic E-state index is 3.67. The molecule has 100 valence electrons. The Morgan fingerprint density at radius 1 is 1.39 bits per heavy atom. The highest BCUT2D eigenvalue weighted by Gasteiger charge is 2.32. The van der Waals surface area contributed by atoms with Crippen molar-refractivity contribution < 1.29 is 0 Å². The van der Waals surface area contributed by atoms with Crippen LogP contribution in [0.5, 0.6) is 0 Å². The summed E-state index contributed by atoms with van der Waals surface area (Å²) in [5, 5.41) is 3.67. The van der Waals surface area contributed by atoms with Crippen LogP contribution in [0, 0.1) is 0 Å². The van der Waals surface area contributed by atoms with Gasteiger partial charge in [-0.3, -0.25) is 0 Å². The van der Waals surface area contributed by atoms with Crippen molar-refractivity contribution in [1.29, 1.82) is 0 Å². The summed E-state index contributed by atoms with van der Waals surface area (Å²) in [4.78, 5) is 3.86. The summed E-state index contributed by atoms with van der Waals surface area (Å²) in [5.41, 5.74) is 1.59. The molecule has 1 heterocycles. The fourth-order valence-electron chi connectivity index (χ4n) is 2.45. The van der Waals surface area contributed by atoms with Crippen LogP contribution in [0.1, 0.15) is 27.2 Å². The van der Waals surface area contributed by atoms with E-state index >= 15 is 0 Å². The quantitative estimate of drug-likeness (QED) is 0.843. The molecule has 2 atom stereocenters. The molecule has 3 heteroatoms. The summed E-state index contributed by atoms with van der Waals surface area (Å²) in [6.07, 6.45) is 3.29. The maximum Gasteiger partial charge on any atom is 0.0387 e. The first kappa shape index (κ1) is 13.8. The van der Waals surface area contributed by atoms with E-state index in [4.69, 9.17) is 0 Å². The molecule has 2 nitrogen and oxygen atoms in total. The highest BCUT2D eigenvalue weighted by atomic mass is 32.2. The normalized spacial score (nSPS) is 28.4.